The third-order valence-electron chi connectivity index (χ3n) is 2.88. The van der Waals surface area contributed by atoms with Crippen LogP contribution >= 0.6 is 23.2 Å². The SMILES string of the molecule is CNC(c1cccc(C)c1)c1cc(Cl)cc(Cl)c1. The molecule has 2 aromatic carbocycles. The Morgan fingerprint density at radius 1 is 0.944 bits per heavy atom. The van der Waals surface area contributed by atoms with Crippen molar-refractivity contribution in [3.63, 3.8) is 0 Å². The van der Waals surface area contributed by atoms with Crippen molar-refractivity contribution >= 4 is 23.2 Å². The minimum atomic E-state index is 0.0982. The topological polar surface area (TPSA) is 12.0 Å². The number of halogens is 2. The molecule has 1 atom stereocenters. The van der Waals surface area contributed by atoms with E-state index < -0.39 is 0 Å². The van der Waals surface area contributed by atoms with Crippen LogP contribution in [0.25, 0.3) is 0 Å². The van der Waals surface area contributed by atoms with Crippen LogP contribution in [0.5, 0.6) is 0 Å². The second-order valence-corrected chi connectivity index (χ2v) is 5.21. The van der Waals surface area contributed by atoms with Gasteiger partial charge in [-0.2, -0.15) is 0 Å². The van der Waals surface area contributed by atoms with Gasteiger partial charge in [-0.25, -0.2) is 0 Å². The fraction of sp³-hybridized carbons (Fsp3) is 0.200. The Morgan fingerprint density at radius 3 is 2.17 bits per heavy atom. The van der Waals surface area contributed by atoms with Crippen LogP contribution < -0.4 is 5.32 Å². The number of hydrogen-bond donors (Lipinski definition) is 1. The molecule has 0 bridgehead atoms. The summed E-state index contributed by atoms with van der Waals surface area (Å²) in [7, 11) is 1.93. The van der Waals surface area contributed by atoms with Crippen LogP contribution in [0.4, 0.5) is 0 Å². The summed E-state index contributed by atoms with van der Waals surface area (Å²) in [6.07, 6.45) is 0. The molecule has 0 fully saturated rings. The minimum Gasteiger partial charge on any atom is -0.309 e. The van der Waals surface area contributed by atoms with Gasteiger partial charge >= 0.3 is 0 Å². The van der Waals surface area contributed by atoms with Crippen molar-refractivity contribution in [2.45, 2.75) is 13.0 Å². The van der Waals surface area contributed by atoms with Crippen LogP contribution in [0.2, 0.25) is 10.0 Å². The van der Waals surface area contributed by atoms with Gasteiger partial charge in [0.05, 0.1) is 6.04 Å². The van der Waals surface area contributed by atoms with Gasteiger partial charge in [0.25, 0.3) is 0 Å². The summed E-state index contributed by atoms with van der Waals surface area (Å²) in [5.74, 6) is 0. The predicted molar refractivity (Wildman–Crippen MR) is 78.5 cm³/mol. The fourth-order valence-corrected chi connectivity index (χ4v) is 2.66. The number of hydrogen-bond acceptors (Lipinski definition) is 1. The third-order valence-corrected chi connectivity index (χ3v) is 3.32. The van der Waals surface area contributed by atoms with Gasteiger partial charge in [0.15, 0.2) is 0 Å². The molecule has 0 aliphatic heterocycles. The molecule has 0 aliphatic carbocycles. The summed E-state index contributed by atoms with van der Waals surface area (Å²) in [6, 6.07) is 14.1. The molecule has 1 N–H and O–H groups in total. The van der Waals surface area contributed by atoms with E-state index in [1.165, 1.54) is 11.1 Å². The number of benzene rings is 2. The molecule has 0 heterocycles. The van der Waals surface area contributed by atoms with Crippen molar-refractivity contribution in [3.05, 3.63) is 69.2 Å². The van der Waals surface area contributed by atoms with Crippen LogP contribution in [-0.4, -0.2) is 7.05 Å². The lowest BCUT2D eigenvalue weighted by Gasteiger charge is -2.18. The smallest absolute Gasteiger partial charge is 0.0575 e. The van der Waals surface area contributed by atoms with Gasteiger partial charge in [0.2, 0.25) is 0 Å². The summed E-state index contributed by atoms with van der Waals surface area (Å²) < 4.78 is 0. The molecule has 0 radical (unpaired) electrons. The summed E-state index contributed by atoms with van der Waals surface area (Å²) >= 11 is 12.1. The van der Waals surface area contributed by atoms with Gasteiger partial charge in [-0.3, -0.25) is 0 Å². The van der Waals surface area contributed by atoms with Gasteiger partial charge in [0, 0.05) is 10.0 Å². The van der Waals surface area contributed by atoms with E-state index in [0.717, 1.165) is 5.56 Å². The first-order valence-electron chi connectivity index (χ1n) is 5.80. The molecule has 0 spiro atoms. The fourth-order valence-electron chi connectivity index (χ4n) is 2.12. The van der Waals surface area contributed by atoms with E-state index in [1.54, 1.807) is 6.07 Å². The van der Waals surface area contributed by atoms with E-state index in [-0.39, 0.29) is 6.04 Å². The van der Waals surface area contributed by atoms with E-state index in [9.17, 15) is 0 Å². The third kappa shape index (κ3) is 3.05. The standard InChI is InChI=1S/C15H15Cl2N/c1-10-4-3-5-11(6-10)15(18-2)12-7-13(16)9-14(17)8-12/h3-9,15,18H,1-2H3. The molecule has 0 aromatic heterocycles. The lowest BCUT2D eigenvalue weighted by molar-refractivity contribution is 0.691. The number of nitrogens with one attached hydrogen (secondary N) is 1. The van der Waals surface area contributed by atoms with Crippen molar-refractivity contribution in [2.24, 2.45) is 0 Å². The Balaban J connectivity index is 2.45. The largest absolute Gasteiger partial charge is 0.309 e. The van der Waals surface area contributed by atoms with Crippen molar-refractivity contribution in [1.82, 2.24) is 5.32 Å². The minimum absolute atomic E-state index is 0.0982. The lowest BCUT2D eigenvalue weighted by atomic mass is 9.97. The summed E-state index contributed by atoms with van der Waals surface area (Å²) in [4.78, 5) is 0. The normalized spacial score (nSPS) is 12.4. The highest BCUT2D eigenvalue weighted by Gasteiger charge is 2.13. The maximum atomic E-state index is 6.06. The summed E-state index contributed by atoms with van der Waals surface area (Å²) in [6.45, 7) is 2.08. The first-order valence-corrected chi connectivity index (χ1v) is 6.55. The van der Waals surface area contributed by atoms with Crippen molar-refractivity contribution in [1.29, 1.82) is 0 Å². The highest BCUT2D eigenvalue weighted by molar-refractivity contribution is 6.34. The van der Waals surface area contributed by atoms with Crippen LogP contribution in [0.1, 0.15) is 22.7 Å². The Kier molecular flexibility index (Phi) is 4.28. The molecule has 3 heteroatoms. The first-order chi connectivity index (χ1) is 8.60. The molecule has 0 saturated carbocycles. The molecule has 1 unspecified atom stereocenters. The Hall–Kier alpha value is -1.02. The van der Waals surface area contributed by atoms with E-state index in [0.29, 0.717) is 10.0 Å². The number of rotatable bonds is 3. The van der Waals surface area contributed by atoms with Crippen LogP contribution in [0.15, 0.2) is 42.5 Å². The molecular weight excluding hydrogens is 265 g/mol. The number of aryl methyl sites for hydroxylation is 1. The van der Waals surface area contributed by atoms with Gasteiger partial charge < -0.3 is 5.32 Å². The monoisotopic (exact) mass is 279 g/mol. The van der Waals surface area contributed by atoms with E-state index in [2.05, 4.69) is 36.5 Å². The quantitative estimate of drug-likeness (QED) is 0.865. The molecule has 2 rings (SSSR count). The van der Waals surface area contributed by atoms with Crippen LogP contribution in [0, 0.1) is 6.92 Å². The van der Waals surface area contributed by atoms with E-state index in [4.69, 9.17) is 23.2 Å². The molecule has 94 valence electrons. The summed E-state index contributed by atoms with van der Waals surface area (Å²) in [5.41, 5.74) is 3.51. The molecule has 1 nitrogen and oxygen atoms in total. The highest BCUT2D eigenvalue weighted by Crippen LogP contribution is 2.27. The van der Waals surface area contributed by atoms with Crippen LogP contribution in [-0.2, 0) is 0 Å². The second-order valence-electron chi connectivity index (χ2n) is 4.34. The Morgan fingerprint density at radius 2 is 1.61 bits per heavy atom. The predicted octanol–water partition coefficient (Wildman–Crippen LogP) is 4.61. The molecule has 0 amide bonds. The molecule has 0 saturated heterocycles. The molecule has 18 heavy (non-hydrogen) atoms. The average molecular weight is 280 g/mol. The first kappa shape index (κ1) is 13.4. The lowest BCUT2D eigenvalue weighted by Crippen LogP contribution is -2.17. The van der Waals surface area contributed by atoms with Gasteiger partial charge in [-0.05, 0) is 43.3 Å². The maximum absolute atomic E-state index is 6.06. The second kappa shape index (κ2) is 5.75. The Labute approximate surface area is 118 Å². The zero-order chi connectivity index (χ0) is 13.1. The zero-order valence-electron chi connectivity index (χ0n) is 10.4. The molecule has 0 aliphatic rings. The van der Waals surface area contributed by atoms with Crippen molar-refractivity contribution < 1.29 is 0 Å². The average Bonchev–Trinajstić information content (AvgIpc) is 2.28. The van der Waals surface area contributed by atoms with Crippen molar-refractivity contribution in [3.8, 4) is 0 Å². The Bertz CT molecular complexity index is 532. The van der Waals surface area contributed by atoms with Gasteiger partial charge in [0.1, 0.15) is 0 Å². The molecular formula is C15H15Cl2N. The zero-order valence-corrected chi connectivity index (χ0v) is 11.9. The van der Waals surface area contributed by atoms with E-state index in [1.807, 2.05) is 19.2 Å². The van der Waals surface area contributed by atoms with Crippen LogP contribution in [0.3, 0.4) is 0 Å². The van der Waals surface area contributed by atoms with E-state index >= 15 is 0 Å². The van der Waals surface area contributed by atoms with Crippen molar-refractivity contribution in [2.75, 3.05) is 7.05 Å². The molecule has 2 aromatic rings. The maximum Gasteiger partial charge on any atom is 0.0575 e. The summed E-state index contributed by atoms with van der Waals surface area (Å²) in [5, 5.41) is 4.61. The highest BCUT2D eigenvalue weighted by atomic mass is 35.5. The van der Waals surface area contributed by atoms with Gasteiger partial charge in [-0.1, -0.05) is 53.0 Å². The van der Waals surface area contributed by atoms with Gasteiger partial charge in [-0.15, -0.1) is 0 Å².